The van der Waals surface area contributed by atoms with Crippen molar-refractivity contribution < 1.29 is 19.1 Å². The molecule has 8 nitrogen and oxygen atoms in total. The number of ether oxygens (including phenoxy) is 2. The van der Waals surface area contributed by atoms with Crippen LogP contribution in [0.15, 0.2) is 36.3 Å². The molecule has 0 unspecified atom stereocenters. The summed E-state index contributed by atoms with van der Waals surface area (Å²) in [5.41, 5.74) is 0.752. The fraction of sp³-hybridized carbons (Fsp3) is 0.591. The van der Waals surface area contributed by atoms with Crippen LogP contribution in [0.2, 0.25) is 0 Å². The number of hydrogen-bond acceptors (Lipinski definition) is 6. The third-order valence-corrected chi connectivity index (χ3v) is 4.15. The fourth-order valence-electron chi connectivity index (χ4n) is 2.53. The van der Waals surface area contributed by atoms with Gasteiger partial charge in [-0.25, -0.2) is 4.79 Å². The molecule has 0 aromatic heterocycles. The number of nitriles is 1. The van der Waals surface area contributed by atoms with Gasteiger partial charge in [0.1, 0.15) is 23.5 Å². The van der Waals surface area contributed by atoms with Crippen molar-refractivity contribution in [3.63, 3.8) is 0 Å². The number of hydrogen-bond donors (Lipinski definition) is 2. The van der Waals surface area contributed by atoms with Gasteiger partial charge in [-0.3, -0.25) is 4.79 Å². The molecule has 0 bridgehead atoms. The van der Waals surface area contributed by atoms with E-state index in [-0.39, 0.29) is 5.91 Å². The van der Waals surface area contributed by atoms with Gasteiger partial charge in [-0.15, -0.1) is 0 Å². The molecule has 8 heteroatoms. The Bertz CT molecular complexity index is 680. The van der Waals surface area contributed by atoms with Gasteiger partial charge in [0, 0.05) is 25.8 Å². The molecule has 0 aromatic carbocycles. The van der Waals surface area contributed by atoms with E-state index in [2.05, 4.69) is 34.8 Å². The Morgan fingerprint density at radius 1 is 1.27 bits per heavy atom. The highest BCUT2D eigenvalue weighted by Crippen LogP contribution is 2.20. The maximum Gasteiger partial charge on any atom is 0.408 e. The third kappa shape index (κ3) is 10.6. The Labute approximate surface area is 180 Å². The Morgan fingerprint density at radius 2 is 1.83 bits per heavy atom. The second kappa shape index (κ2) is 13.3. The van der Waals surface area contributed by atoms with Crippen molar-refractivity contribution >= 4 is 12.0 Å². The van der Waals surface area contributed by atoms with Gasteiger partial charge in [-0.2, -0.15) is 5.26 Å². The van der Waals surface area contributed by atoms with Crippen molar-refractivity contribution in [3.05, 3.63) is 36.3 Å². The monoisotopic (exact) mass is 420 g/mol. The van der Waals surface area contributed by atoms with E-state index in [9.17, 15) is 9.59 Å². The molecule has 1 rings (SSSR count). The van der Waals surface area contributed by atoms with Crippen molar-refractivity contribution in [3.8, 4) is 6.07 Å². The van der Waals surface area contributed by atoms with Crippen LogP contribution < -0.4 is 10.6 Å². The first-order valence-electron chi connectivity index (χ1n) is 9.99. The van der Waals surface area contributed by atoms with Crippen molar-refractivity contribution in [2.45, 2.75) is 58.6 Å². The minimum absolute atomic E-state index is 0.219. The molecular formula is C22H36N4O4. The van der Waals surface area contributed by atoms with Gasteiger partial charge in [-0.05, 0) is 46.1 Å². The summed E-state index contributed by atoms with van der Waals surface area (Å²) in [5.74, 6) is 0.259. The van der Waals surface area contributed by atoms with Crippen LogP contribution in [-0.2, 0) is 14.3 Å². The molecule has 0 aliphatic carbocycles. The van der Waals surface area contributed by atoms with Crippen molar-refractivity contribution in [2.75, 3.05) is 27.2 Å². The van der Waals surface area contributed by atoms with Gasteiger partial charge in [0.05, 0.1) is 12.7 Å². The summed E-state index contributed by atoms with van der Waals surface area (Å²) >= 11 is 0. The van der Waals surface area contributed by atoms with Crippen LogP contribution in [0.3, 0.4) is 0 Å². The van der Waals surface area contributed by atoms with Gasteiger partial charge < -0.3 is 25.0 Å². The van der Waals surface area contributed by atoms with Gasteiger partial charge in [0.25, 0.3) is 0 Å². The lowest BCUT2D eigenvalue weighted by atomic mass is 10.2. The number of nitrogens with one attached hydrogen (secondary N) is 2. The number of carbonyl (C=O) groups excluding carboxylic acids is 2. The summed E-state index contributed by atoms with van der Waals surface area (Å²) in [4.78, 5) is 24.7. The molecule has 2 N–H and O–H groups in total. The van der Waals surface area contributed by atoms with Gasteiger partial charge >= 0.3 is 6.09 Å². The minimum atomic E-state index is -0.571. The normalized spacial score (nSPS) is 14.4. The maximum atomic E-state index is 11.3. The fourth-order valence-corrected chi connectivity index (χ4v) is 2.53. The van der Waals surface area contributed by atoms with E-state index in [0.717, 1.165) is 18.8 Å². The van der Waals surface area contributed by atoms with Crippen molar-refractivity contribution in [1.29, 1.82) is 5.26 Å². The summed E-state index contributed by atoms with van der Waals surface area (Å²) in [7, 11) is 3.06. The number of methoxy groups -OCH3 is 1. The van der Waals surface area contributed by atoms with Crippen molar-refractivity contribution in [1.82, 2.24) is 15.5 Å². The summed E-state index contributed by atoms with van der Waals surface area (Å²) in [6.45, 7) is 16.7. The molecule has 1 saturated heterocycles. The number of rotatable bonds is 7. The second-order valence-corrected chi connectivity index (χ2v) is 7.70. The SMILES string of the molecule is C=C(/C=C(/C#N)C(=C)N1CCCC1)OC.CC[C@H](NC(=O)OC(C)(C)C)C(=O)NC. The van der Waals surface area contributed by atoms with E-state index in [1.807, 2.05) is 6.92 Å². The highest BCUT2D eigenvalue weighted by atomic mass is 16.6. The lowest BCUT2D eigenvalue weighted by Crippen LogP contribution is -2.46. The van der Waals surface area contributed by atoms with Crippen LogP contribution in [0, 0.1) is 11.3 Å². The van der Waals surface area contributed by atoms with Crippen LogP contribution in [-0.4, -0.2) is 55.8 Å². The molecule has 1 fully saturated rings. The maximum absolute atomic E-state index is 11.3. The predicted octanol–water partition coefficient (Wildman–Crippen LogP) is 3.24. The third-order valence-electron chi connectivity index (χ3n) is 4.15. The Hall–Kier alpha value is -2.95. The Morgan fingerprint density at radius 3 is 2.23 bits per heavy atom. The average molecular weight is 421 g/mol. The number of amides is 2. The van der Waals surface area contributed by atoms with Crippen molar-refractivity contribution in [2.24, 2.45) is 0 Å². The van der Waals surface area contributed by atoms with E-state index in [1.54, 1.807) is 26.8 Å². The zero-order chi connectivity index (χ0) is 23.3. The van der Waals surface area contributed by atoms with E-state index < -0.39 is 17.7 Å². The molecule has 2 amide bonds. The molecule has 168 valence electrons. The molecule has 1 aliphatic rings. The standard InChI is InChI=1S/C12H16N2O.C10H20N2O3/c1-10(15-3)8-12(9-13)11(2)14-6-4-5-7-14;1-6-7(8(13)11-5)12-9(14)15-10(2,3)4/h8H,1-2,4-7H2,3H3;7H,6H2,1-5H3,(H,11,13)(H,12,14)/b12-8-;/t;7-/m.0/s1. The first-order chi connectivity index (χ1) is 14.0. The van der Waals surface area contributed by atoms with Gasteiger partial charge in [0.15, 0.2) is 0 Å². The molecule has 1 heterocycles. The predicted molar refractivity (Wildman–Crippen MR) is 117 cm³/mol. The Balaban J connectivity index is 0.000000561. The number of likely N-dealkylation sites (tertiary alicyclic amines) is 1. The van der Waals surface area contributed by atoms with Gasteiger partial charge in [-0.1, -0.05) is 20.1 Å². The largest absolute Gasteiger partial charge is 0.497 e. The number of carbonyl (C=O) groups is 2. The highest BCUT2D eigenvalue weighted by Gasteiger charge is 2.22. The highest BCUT2D eigenvalue weighted by molar-refractivity contribution is 5.85. The first kappa shape index (κ1) is 27.0. The van der Waals surface area contributed by atoms with E-state index >= 15 is 0 Å². The lowest BCUT2D eigenvalue weighted by molar-refractivity contribution is -0.122. The molecular weight excluding hydrogens is 384 g/mol. The quantitative estimate of drug-likeness (QED) is 0.372. The number of likely N-dealkylation sites (N-methyl/N-ethyl adjacent to an activating group) is 1. The van der Waals surface area contributed by atoms with E-state index in [0.29, 0.717) is 17.8 Å². The molecule has 1 atom stereocenters. The van der Waals surface area contributed by atoms with Crippen LogP contribution in [0.25, 0.3) is 0 Å². The minimum Gasteiger partial charge on any atom is -0.497 e. The van der Waals surface area contributed by atoms with Crippen LogP contribution >= 0.6 is 0 Å². The zero-order valence-corrected chi connectivity index (χ0v) is 19.1. The molecule has 0 radical (unpaired) electrons. The average Bonchev–Trinajstić information content (AvgIpc) is 3.22. The Kier molecular flexibility index (Phi) is 12.0. The molecule has 0 spiro atoms. The van der Waals surface area contributed by atoms with Crippen LogP contribution in [0.4, 0.5) is 4.79 Å². The zero-order valence-electron chi connectivity index (χ0n) is 19.1. The lowest BCUT2D eigenvalue weighted by Gasteiger charge is -2.22. The summed E-state index contributed by atoms with van der Waals surface area (Å²) < 4.78 is 9.95. The van der Waals surface area contributed by atoms with Crippen LogP contribution in [0.5, 0.6) is 0 Å². The van der Waals surface area contributed by atoms with Crippen LogP contribution in [0.1, 0.15) is 47.0 Å². The topological polar surface area (TPSA) is 104 Å². The molecule has 0 aromatic rings. The number of nitrogens with zero attached hydrogens (tertiary/aromatic N) is 2. The first-order valence-corrected chi connectivity index (χ1v) is 9.99. The second-order valence-electron chi connectivity index (χ2n) is 7.70. The van der Waals surface area contributed by atoms with Gasteiger partial charge in [0.2, 0.25) is 5.91 Å². The van der Waals surface area contributed by atoms with E-state index in [1.165, 1.54) is 27.0 Å². The van der Waals surface area contributed by atoms with E-state index in [4.69, 9.17) is 14.7 Å². The summed E-state index contributed by atoms with van der Waals surface area (Å²) in [5, 5.41) is 14.0. The number of allylic oxidation sites excluding steroid dienone is 2. The number of alkyl carbamates (subject to hydrolysis) is 1. The molecule has 0 saturated carbocycles. The summed E-state index contributed by atoms with van der Waals surface area (Å²) in [6.07, 6.45) is 3.92. The molecule has 1 aliphatic heterocycles. The molecule has 30 heavy (non-hydrogen) atoms. The summed E-state index contributed by atoms with van der Waals surface area (Å²) in [6, 6.07) is 1.59. The smallest absolute Gasteiger partial charge is 0.408 e.